The van der Waals surface area contributed by atoms with E-state index in [-0.39, 0.29) is 12.2 Å². The van der Waals surface area contributed by atoms with Crippen LogP contribution in [0.15, 0.2) is 67.3 Å². The van der Waals surface area contributed by atoms with Gasteiger partial charge < -0.3 is 14.2 Å². The van der Waals surface area contributed by atoms with Gasteiger partial charge in [-0.05, 0) is 42.8 Å². The van der Waals surface area contributed by atoms with Gasteiger partial charge in [-0.2, -0.15) is 0 Å². The molecule has 0 spiro atoms. The molecule has 0 aromatic heterocycles. The first kappa shape index (κ1) is 24.5. The third-order valence-corrected chi connectivity index (χ3v) is 4.84. The molecule has 0 aliphatic heterocycles. The number of nitrogens with zero attached hydrogens (tertiary/aromatic N) is 1. The molecule has 1 atom stereocenters. The molecule has 168 valence electrons. The van der Waals surface area contributed by atoms with Crippen LogP contribution in [0.2, 0.25) is 0 Å². The number of esters is 1. The summed E-state index contributed by atoms with van der Waals surface area (Å²) in [5, 5.41) is 0. The first-order chi connectivity index (χ1) is 15.3. The lowest BCUT2D eigenvalue weighted by molar-refractivity contribution is -0.167. The van der Waals surface area contributed by atoms with E-state index in [9.17, 15) is 19.2 Å². The van der Waals surface area contributed by atoms with E-state index in [0.717, 1.165) is 25.7 Å². The van der Waals surface area contributed by atoms with Gasteiger partial charge in [-0.3, -0.25) is 14.4 Å². The number of ether oxygens (including phenoxy) is 3. The smallest absolute Gasteiger partial charge is 0.342 e. The highest BCUT2D eigenvalue weighted by atomic mass is 16.5. The van der Waals surface area contributed by atoms with Crippen molar-refractivity contribution in [1.29, 1.82) is 0 Å². The molecule has 2 amide bonds. The van der Waals surface area contributed by atoms with Gasteiger partial charge in [0.15, 0.2) is 5.78 Å². The molecular weight excluding hydrogens is 414 g/mol. The van der Waals surface area contributed by atoms with E-state index in [4.69, 9.17) is 14.2 Å². The zero-order chi connectivity index (χ0) is 23.7. The van der Waals surface area contributed by atoms with Crippen LogP contribution in [0.25, 0.3) is 0 Å². The van der Waals surface area contributed by atoms with Crippen molar-refractivity contribution in [2.45, 2.75) is 19.1 Å². The van der Waals surface area contributed by atoms with Crippen LogP contribution in [0.1, 0.15) is 22.8 Å². The lowest BCUT2D eigenvalue weighted by Gasteiger charge is -2.37. The Morgan fingerprint density at radius 1 is 1.00 bits per heavy atom. The number of Topliss-reactive ketones (excluding diaryl/α,β-unsaturated/α-hetero) is 1. The Morgan fingerprint density at radius 2 is 1.62 bits per heavy atom. The molecule has 2 aromatic carbocycles. The zero-order valence-corrected chi connectivity index (χ0v) is 18.2. The summed E-state index contributed by atoms with van der Waals surface area (Å²) in [7, 11) is 2.53. The molecule has 8 nitrogen and oxygen atoms in total. The molecule has 0 bridgehead atoms. The largest absolute Gasteiger partial charge is 0.497 e. The monoisotopic (exact) mass is 439 g/mol. The van der Waals surface area contributed by atoms with Crippen LogP contribution in [0.3, 0.4) is 0 Å². The van der Waals surface area contributed by atoms with Crippen molar-refractivity contribution in [1.82, 2.24) is 4.90 Å². The Hall–Kier alpha value is -3.78. The minimum absolute atomic E-state index is 0.0414. The standard InChI is InChI=1S/C24H25NO7/c1-5-21(27)25(22(28)19-11-13-20(30-3)14-12-19)24(17(2)26,23(29)31-4)16-32-15-18-9-7-6-8-10-18/h5-14H,1,15-16H2,2-4H3/t24-/m1/s1. The minimum Gasteiger partial charge on any atom is -0.497 e. The van der Waals surface area contributed by atoms with E-state index < -0.39 is 35.7 Å². The average Bonchev–Trinajstić information content (AvgIpc) is 2.82. The third kappa shape index (κ3) is 5.09. The summed E-state index contributed by atoms with van der Waals surface area (Å²) >= 11 is 0. The normalized spacial score (nSPS) is 12.2. The van der Waals surface area contributed by atoms with Crippen molar-refractivity contribution < 1.29 is 33.4 Å². The number of rotatable bonds is 10. The molecule has 0 saturated heterocycles. The van der Waals surface area contributed by atoms with Crippen molar-refractivity contribution in [3.63, 3.8) is 0 Å². The highest BCUT2D eigenvalue weighted by Crippen LogP contribution is 2.25. The van der Waals surface area contributed by atoms with E-state index in [2.05, 4.69) is 6.58 Å². The number of amides is 2. The van der Waals surface area contributed by atoms with Crippen LogP contribution in [0.4, 0.5) is 0 Å². The molecule has 0 aliphatic rings. The summed E-state index contributed by atoms with van der Waals surface area (Å²) in [6, 6.07) is 14.9. The Kier molecular flexibility index (Phi) is 8.43. The fourth-order valence-corrected chi connectivity index (χ4v) is 3.09. The Bertz CT molecular complexity index is 985. The number of hydrogen-bond acceptors (Lipinski definition) is 7. The Morgan fingerprint density at radius 3 is 2.12 bits per heavy atom. The highest BCUT2D eigenvalue weighted by Gasteiger charge is 2.55. The predicted molar refractivity (Wildman–Crippen MR) is 116 cm³/mol. The van der Waals surface area contributed by atoms with Crippen LogP contribution in [-0.4, -0.2) is 54.8 Å². The number of imide groups is 1. The molecule has 2 rings (SSSR count). The fourth-order valence-electron chi connectivity index (χ4n) is 3.09. The summed E-state index contributed by atoms with van der Waals surface area (Å²) in [5.41, 5.74) is -1.51. The van der Waals surface area contributed by atoms with Gasteiger partial charge >= 0.3 is 5.97 Å². The van der Waals surface area contributed by atoms with Gasteiger partial charge in [0.1, 0.15) is 5.75 Å². The maximum absolute atomic E-state index is 13.4. The summed E-state index contributed by atoms with van der Waals surface area (Å²) < 4.78 is 15.6. The predicted octanol–water partition coefficient (Wildman–Crippen LogP) is 2.57. The van der Waals surface area contributed by atoms with Crippen molar-refractivity contribution in [2.24, 2.45) is 0 Å². The third-order valence-electron chi connectivity index (χ3n) is 4.84. The number of carbonyl (C=O) groups is 4. The molecular formula is C24H25NO7. The van der Waals surface area contributed by atoms with E-state index in [1.165, 1.54) is 31.4 Å². The first-order valence-electron chi connectivity index (χ1n) is 9.68. The van der Waals surface area contributed by atoms with Gasteiger partial charge in [-0.25, -0.2) is 9.69 Å². The molecule has 0 unspecified atom stereocenters. The van der Waals surface area contributed by atoms with Crippen molar-refractivity contribution in [3.8, 4) is 5.75 Å². The first-order valence-corrected chi connectivity index (χ1v) is 9.68. The summed E-state index contributed by atoms with van der Waals surface area (Å²) in [6.07, 6.45) is 0.846. The molecule has 0 radical (unpaired) electrons. The van der Waals surface area contributed by atoms with E-state index in [1.54, 1.807) is 24.3 Å². The molecule has 0 N–H and O–H groups in total. The molecule has 32 heavy (non-hydrogen) atoms. The Balaban J connectivity index is 2.51. The van der Waals surface area contributed by atoms with E-state index in [0.29, 0.717) is 10.6 Å². The summed E-state index contributed by atoms with van der Waals surface area (Å²) in [4.78, 5) is 52.4. The summed E-state index contributed by atoms with van der Waals surface area (Å²) in [5.74, 6) is -3.25. The van der Waals surface area contributed by atoms with Crippen molar-refractivity contribution in [3.05, 3.63) is 78.4 Å². The van der Waals surface area contributed by atoms with Gasteiger partial charge in [0.2, 0.25) is 5.54 Å². The number of ketones is 1. The second-order valence-electron chi connectivity index (χ2n) is 6.80. The molecule has 2 aromatic rings. The second-order valence-corrected chi connectivity index (χ2v) is 6.80. The topological polar surface area (TPSA) is 99.2 Å². The molecule has 0 saturated carbocycles. The van der Waals surface area contributed by atoms with Crippen LogP contribution < -0.4 is 4.74 Å². The molecule has 0 aliphatic carbocycles. The average molecular weight is 439 g/mol. The number of methoxy groups -OCH3 is 2. The minimum atomic E-state index is -2.34. The van der Waals surface area contributed by atoms with Gasteiger partial charge in [0.25, 0.3) is 11.8 Å². The van der Waals surface area contributed by atoms with E-state index in [1.807, 2.05) is 6.07 Å². The fraction of sp³-hybridized carbons (Fsp3) is 0.250. The SMILES string of the molecule is C=CC(=O)N(C(=O)c1ccc(OC)cc1)[C@](COCc1ccccc1)(C(C)=O)C(=O)OC. The van der Waals surface area contributed by atoms with Crippen molar-refractivity contribution >= 4 is 23.6 Å². The van der Waals surface area contributed by atoms with Crippen molar-refractivity contribution in [2.75, 3.05) is 20.8 Å². The van der Waals surface area contributed by atoms with Crippen LogP contribution >= 0.6 is 0 Å². The lowest BCUT2D eigenvalue weighted by Crippen LogP contribution is -2.66. The quantitative estimate of drug-likeness (QED) is 0.319. The maximum Gasteiger partial charge on any atom is 0.342 e. The van der Waals surface area contributed by atoms with E-state index >= 15 is 0 Å². The second kappa shape index (κ2) is 11.0. The van der Waals surface area contributed by atoms with Gasteiger partial charge in [-0.15, -0.1) is 0 Å². The van der Waals surface area contributed by atoms with Gasteiger partial charge in [0.05, 0.1) is 27.4 Å². The molecule has 0 fully saturated rings. The number of carbonyl (C=O) groups excluding carboxylic acids is 4. The van der Waals surface area contributed by atoms with Gasteiger partial charge in [-0.1, -0.05) is 36.9 Å². The van der Waals surface area contributed by atoms with Crippen LogP contribution in [-0.2, 0) is 30.5 Å². The highest BCUT2D eigenvalue weighted by molar-refractivity contribution is 6.19. The maximum atomic E-state index is 13.4. The molecule has 8 heteroatoms. The number of hydrogen-bond donors (Lipinski definition) is 0. The number of benzene rings is 2. The Labute approximate surface area is 186 Å². The zero-order valence-electron chi connectivity index (χ0n) is 18.2. The summed E-state index contributed by atoms with van der Waals surface area (Å²) in [6.45, 7) is 3.94. The molecule has 0 heterocycles. The van der Waals surface area contributed by atoms with Crippen LogP contribution in [0.5, 0.6) is 5.75 Å². The van der Waals surface area contributed by atoms with Crippen LogP contribution in [0, 0.1) is 0 Å². The lowest BCUT2D eigenvalue weighted by atomic mass is 9.91. The van der Waals surface area contributed by atoms with Gasteiger partial charge in [0, 0.05) is 5.56 Å².